The average molecular weight is 139 g/mol. The SMILES string of the molecule is O=[N+]([O-])Oc1[c]cncc1. The van der Waals surface area contributed by atoms with Gasteiger partial charge in [0.25, 0.3) is 5.09 Å². The van der Waals surface area contributed by atoms with Gasteiger partial charge in [0, 0.05) is 18.5 Å². The number of aromatic nitrogens is 1. The van der Waals surface area contributed by atoms with E-state index in [0.717, 1.165) is 0 Å². The summed E-state index contributed by atoms with van der Waals surface area (Å²) in [6, 6.07) is 3.77. The van der Waals surface area contributed by atoms with Crippen molar-refractivity contribution in [2.24, 2.45) is 0 Å². The first-order chi connectivity index (χ1) is 4.79. The summed E-state index contributed by atoms with van der Waals surface area (Å²) in [5, 5.41) is 8.81. The van der Waals surface area contributed by atoms with Crippen molar-refractivity contribution in [2.45, 2.75) is 0 Å². The molecule has 1 aromatic rings. The zero-order valence-corrected chi connectivity index (χ0v) is 4.85. The molecule has 1 heterocycles. The molecule has 0 amide bonds. The molecular weight excluding hydrogens is 136 g/mol. The second kappa shape index (κ2) is 2.77. The maximum Gasteiger partial charge on any atom is 0.299 e. The summed E-state index contributed by atoms with van der Waals surface area (Å²) >= 11 is 0. The summed E-state index contributed by atoms with van der Waals surface area (Å²) in [7, 11) is 0. The van der Waals surface area contributed by atoms with Crippen LogP contribution in [0.25, 0.3) is 0 Å². The Hall–Kier alpha value is -1.65. The molecule has 0 saturated carbocycles. The molecule has 10 heavy (non-hydrogen) atoms. The van der Waals surface area contributed by atoms with Gasteiger partial charge in [-0.15, -0.1) is 10.1 Å². The predicted octanol–water partition coefficient (Wildman–Crippen LogP) is 0.452. The molecule has 1 radical (unpaired) electrons. The molecule has 0 saturated heterocycles. The molecule has 0 fully saturated rings. The van der Waals surface area contributed by atoms with Crippen LogP contribution in [0.15, 0.2) is 18.5 Å². The van der Waals surface area contributed by atoms with Crippen LogP contribution in [0.4, 0.5) is 0 Å². The van der Waals surface area contributed by atoms with Gasteiger partial charge in [-0.1, -0.05) is 0 Å². The quantitative estimate of drug-likeness (QED) is 0.440. The minimum absolute atomic E-state index is 0.0556. The van der Waals surface area contributed by atoms with Crippen molar-refractivity contribution in [3.63, 3.8) is 0 Å². The third kappa shape index (κ3) is 1.70. The Morgan fingerprint density at radius 3 is 3.10 bits per heavy atom. The molecule has 0 spiro atoms. The van der Waals surface area contributed by atoms with Gasteiger partial charge in [0.2, 0.25) is 0 Å². The number of hydrogen-bond acceptors (Lipinski definition) is 4. The molecule has 0 aliphatic rings. The maximum atomic E-state index is 9.71. The standard InChI is InChI=1S/C5H3N2O3/c8-7(9)10-5-1-3-6-4-2-5/h1,3-4H. The van der Waals surface area contributed by atoms with Crippen LogP contribution in [-0.2, 0) is 0 Å². The summed E-state index contributed by atoms with van der Waals surface area (Å²) in [4.78, 5) is 17.3. The van der Waals surface area contributed by atoms with E-state index >= 15 is 0 Å². The van der Waals surface area contributed by atoms with Gasteiger partial charge in [0.1, 0.15) is 5.75 Å². The lowest BCUT2D eigenvalue weighted by Crippen LogP contribution is -2.03. The van der Waals surface area contributed by atoms with Crippen LogP contribution in [0.1, 0.15) is 0 Å². The zero-order chi connectivity index (χ0) is 7.40. The van der Waals surface area contributed by atoms with Crippen molar-refractivity contribution < 1.29 is 9.92 Å². The largest absolute Gasteiger partial charge is 0.299 e. The molecule has 1 aromatic heterocycles. The Bertz CT molecular complexity index is 224. The molecule has 0 N–H and O–H groups in total. The minimum Gasteiger partial charge on any atom is -0.275 e. The Labute approximate surface area is 56.4 Å². The van der Waals surface area contributed by atoms with Gasteiger partial charge in [0.05, 0.1) is 0 Å². The smallest absolute Gasteiger partial charge is 0.275 e. The lowest BCUT2D eigenvalue weighted by molar-refractivity contribution is -0.711. The number of pyridine rings is 1. The molecule has 0 atom stereocenters. The molecule has 5 nitrogen and oxygen atoms in total. The van der Waals surface area contributed by atoms with Crippen LogP contribution in [0.2, 0.25) is 0 Å². The first-order valence-corrected chi connectivity index (χ1v) is 2.43. The molecule has 0 aliphatic carbocycles. The topological polar surface area (TPSA) is 65.3 Å². The Kier molecular flexibility index (Phi) is 1.79. The molecular formula is C5H3N2O3. The fourth-order valence-corrected chi connectivity index (χ4v) is 0.440. The highest BCUT2D eigenvalue weighted by Gasteiger charge is 1.95. The fraction of sp³-hybridized carbons (Fsp3) is 0. The van der Waals surface area contributed by atoms with Gasteiger partial charge >= 0.3 is 0 Å². The summed E-state index contributed by atoms with van der Waals surface area (Å²) in [5.41, 5.74) is 0. The lowest BCUT2D eigenvalue weighted by atomic mass is 10.5. The highest BCUT2D eigenvalue weighted by molar-refractivity contribution is 5.13. The van der Waals surface area contributed by atoms with Crippen LogP contribution in [0.3, 0.4) is 0 Å². The Morgan fingerprint density at radius 2 is 2.60 bits per heavy atom. The van der Waals surface area contributed by atoms with E-state index in [1.807, 2.05) is 0 Å². The number of hydrogen-bond donors (Lipinski definition) is 0. The predicted molar refractivity (Wildman–Crippen MR) is 30.7 cm³/mol. The average Bonchev–Trinajstić information content (AvgIpc) is 1.88. The van der Waals surface area contributed by atoms with Gasteiger partial charge in [-0.3, -0.25) is 9.82 Å². The van der Waals surface area contributed by atoms with Crippen molar-refractivity contribution in [2.75, 3.05) is 0 Å². The van der Waals surface area contributed by atoms with Crippen LogP contribution < -0.4 is 4.84 Å². The van der Waals surface area contributed by atoms with Gasteiger partial charge < -0.3 is 0 Å². The van der Waals surface area contributed by atoms with E-state index in [-0.39, 0.29) is 5.75 Å². The summed E-state index contributed by atoms with van der Waals surface area (Å²) in [6.07, 6.45) is 2.67. The summed E-state index contributed by atoms with van der Waals surface area (Å²) in [5.74, 6) is 0.0556. The van der Waals surface area contributed by atoms with Crippen LogP contribution in [-0.4, -0.2) is 10.1 Å². The summed E-state index contributed by atoms with van der Waals surface area (Å²) < 4.78 is 0. The van der Waals surface area contributed by atoms with Crippen LogP contribution in [0, 0.1) is 16.2 Å². The Balaban J connectivity index is 2.67. The van der Waals surface area contributed by atoms with Gasteiger partial charge in [-0.05, 0) is 6.07 Å². The maximum absolute atomic E-state index is 9.71. The van der Waals surface area contributed by atoms with Crippen LogP contribution >= 0.6 is 0 Å². The third-order valence-electron chi connectivity index (χ3n) is 0.766. The molecule has 0 bridgehead atoms. The summed E-state index contributed by atoms with van der Waals surface area (Å²) in [6.45, 7) is 0. The highest BCUT2D eigenvalue weighted by Crippen LogP contribution is 2.04. The number of rotatable bonds is 2. The lowest BCUT2D eigenvalue weighted by Gasteiger charge is -1.92. The molecule has 0 aliphatic heterocycles. The molecule has 0 unspecified atom stereocenters. The molecule has 51 valence electrons. The van der Waals surface area contributed by atoms with Crippen LogP contribution in [0.5, 0.6) is 5.75 Å². The fourth-order valence-electron chi connectivity index (χ4n) is 0.440. The Morgan fingerprint density at radius 1 is 1.80 bits per heavy atom. The normalized spacial score (nSPS) is 8.80. The molecule has 0 aromatic carbocycles. The van der Waals surface area contributed by atoms with E-state index in [0.29, 0.717) is 0 Å². The van der Waals surface area contributed by atoms with Gasteiger partial charge in [0.15, 0.2) is 0 Å². The first-order valence-electron chi connectivity index (χ1n) is 2.43. The van der Waals surface area contributed by atoms with Crippen molar-refractivity contribution in [1.29, 1.82) is 0 Å². The zero-order valence-electron chi connectivity index (χ0n) is 4.85. The second-order valence-electron chi connectivity index (χ2n) is 1.42. The molecule has 5 heteroatoms. The van der Waals surface area contributed by atoms with E-state index < -0.39 is 5.09 Å². The van der Waals surface area contributed by atoms with Crippen molar-refractivity contribution in [3.8, 4) is 5.75 Å². The third-order valence-corrected chi connectivity index (χ3v) is 0.766. The highest BCUT2D eigenvalue weighted by atomic mass is 17.0. The second-order valence-corrected chi connectivity index (χ2v) is 1.42. The molecule has 1 rings (SSSR count). The monoisotopic (exact) mass is 139 g/mol. The van der Waals surface area contributed by atoms with Crippen molar-refractivity contribution in [3.05, 3.63) is 34.6 Å². The van der Waals surface area contributed by atoms with E-state index in [4.69, 9.17) is 0 Å². The van der Waals surface area contributed by atoms with Gasteiger partial charge in [-0.2, -0.15) is 0 Å². The number of nitrogens with zero attached hydrogens (tertiary/aromatic N) is 2. The van der Waals surface area contributed by atoms with E-state index in [1.165, 1.54) is 18.5 Å². The first kappa shape index (κ1) is 6.47. The van der Waals surface area contributed by atoms with E-state index in [2.05, 4.69) is 15.9 Å². The van der Waals surface area contributed by atoms with Gasteiger partial charge in [-0.25, -0.2) is 0 Å². The van der Waals surface area contributed by atoms with E-state index in [1.54, 1.807) is 0 Å². The van der Waals surface area contributed by atoms with E-state index in [9.17, 15) is 10.1 Å². The minimum atomic E-state index is -0.897. The van der Waals surface area contributed by atoms with Crippen molar-refractivity contribution >= 4 is 0 Å². The van der Waals surface area contributed by atoms with Crippen molar-refractivity contribution in [1.82, 2.24) is 4.98 Å².